The van der Waals surface area contributed by atoms with Crippen molar-refractivity contribution in [3.05, 3.63) is 53.8 Å². The molecule has 1 aliphatic carbocycles. The summed E-state index contributed by atoms with van der Waals surface area (Å²) in [7, 11) is 0. The SMILES string of the molecule is CC(=O)n1c2c(c3cc(O)ccc31)CSC1(I)C=CC=CC21. The number of rotatable bonds is 0. The molecule has 0 fully saturated rings. The normalized spacial score (nSPS) is 26.0. The summed E-state index contributed by atoms with van der Waals surface area (Å²) in [5.41, 5.74) is 3.13. The monoisotopic (exact) mass is 423 g/mol. The molecule has 0 amide bonds. The summed E-state index contributed by atoms with van der Waals surface area (Å²) in [5, 5.41) is 10.8. The third-order valence-electron chi connectivity index (χ3n) is 4.31. The van der Waals surface area contributed by atoms with Crippen LogP contribution in [0.1, 0.15) is 28.9 Å². The van der Waals surface area contributed by atoms with Gasteiger partial charge in [0, 0.05) is 29.7 Å². The van der Waals surface area contributed by atoms with Gasteiger partial charge in [0.15, 0.2) is 0 Å². The van der Waals surface area contributed by atoms with Crippen LogP contribution in [0.5, 0.6) is 5.75 Å². The van der Waals surface area contributed by atoms with Crippen molar-refractivity contribution in [2.45, 2.75) is 21.3 Å². The summed E-state index contributed by atoms with van der Waals surface area (Å²) >= 11 is 4.37. The molecule has 0 saturated heterocycles. The number of hydrogen-bond donors (Lipinski definition) is 1. The molecule has 2 unspecified atom stereocenters. The lowest BCUT2D eigenvalue weighted by molar-refractivity contribution is 0.0938. The van der Waals surface area contributed by atoms with E-state index in [2.05, 4.69) is 46.9 Å². The highest BCUT2D eigenvalue weighted by Gasteiger charge is 2.43. The Morgan fingerprint density at radius 2 is 2.27 bits per heavy atom. The number of phenolic OH excluding ortho intramolecular Hbond substituents is 1. The first-order valence-corrected chi connectivity index (χ1v) is 9.14. The number of carbonyl (C=O) groups is 1. The molecule has 112 valence electrons. The van der Waals surface area contributed by atoms with Crippen molar-refractivity contribution in [2.24, 2.45) is 0 Å². The lowest BCUT2D eigenvalue weighted by Crippen LogP contribution is -2.31. The van der Waals surface area contributed by atoms with Gasteiger partial charge in [-0.3, -0.25) is 9.36 Å². The molecule has 2 atom stereocenters. The number of halogens is 1. The van der Waals surface area contributed by atoms with Gasteiger partial charge in [-0.15, -0.1) is 11.8 Å². The molecule has 0 bridgehead atoms. The fraction of sp³-hybridized carbons (Fsp3) is 0.235. The number of benzene rings is 1. The Morgan fingerprint density at radius 3 is 3.05 bits per heavy atom. The molecule has 5 heteroatoms. The number of allylic oxidation sites excluding steroid dienone is 3. The molecule has 1 N–H and O–H groups in total. The fourth-order valence-corrected chi connectivity index (χ4v) is 5.77. The third kappa shape index (κ3) is 1.91. The number of aromatic hydroxyl groups is 1. The van der Waals surface area contributed by atoms with Gasteiger partial charge in [0.25, 0.3) is 0 Å². The second kappa shape index (κ2) is 4.89. The average molecular weight is 423 g/mol. The molecule has 3 nitrogen and oxygen atoms in total. The number of aromatic nitrogens is 1. The van der Waals surface area contributed by atoms with Crippen molar-refractivity contribution in [1.29, 1.82) is 0 Å². The van der Waals surface area contributed by atoms with Gasteiger partial charge < -0.3 is 5.11 Å². The predicted octanol–water partition coefficient (Wildman–Crippen LogP) is 4.59. The van der Waals surface area contributed by atoms with Crippen LogP contribution in [0.2, 0.25) is 0 Å². The molecule has 0 radical (unpaired) electrons. The van der Waals surface area contributed by atoms with Crippen LogP contribution >= 0.6 is 34.4 Å². The van der Waals surface area contributed by atoms with Gasteiger partial charge in [0.2, 0.25) is 5.91 Å². The first-order chi connectivity index (χ1) is 10.5. The molecule has 1 aromatic heterocycles. The van der Waals surface area contributed by atoms with Crippen LogP contribution in [-0.2, 0) is 5.75 Å². The highest BCUT2D eigenvalue weighted by molar-refractivity contribution is 14.1. The highest BCUT2D eigenvalue weighted by Crippen LogP contribution is 2.56. The summed E-state index contributed by atoms with van der Waals surface area (Å²) in [6.07, 6.45) is 8.52. The summed E-state index contributed by atoms with van der Waals surface area (Å²) in [5.74, 6) is 1.26. The molecule has 0 spiro atoms. The number of phenols is 1. The van der Waals surface area contributed by atoms with Crippen molar-refractivity contribution in [1.82, 2.24) is 4.57 Å². The number of fused-ring (bicyclic) bond motifs is 5. The first kappa shape index (κ1) is 14.4. The number of hydrogen-bond acceptors (Lipinski definition) is 3. The van der Waals surface area contributed by atoms with Crippen molar-refractivity contribution in [3.8, 4) is 5.75 Å². The average Bonchev–Trinajstić information content (AvgIpc) is 2.80. The van der Waals surface area contributed by atoms with Gasteiger partial charge >= 0.3 is 0 Å². The first-order valence-electron chi connectivity index (χ1n) is 7.07. The van der Waals surface area contributed by atoms with Crippen molar-refractivity contribution >= 4 is 51.2 Å². The summed E-state index contributed by atoms with van der Waals surface area (Å²) < 4.78 is 1.77. The van der Waals surface area contributed by atoms with Crippen LogP contribution in [0.4, 0.5) is 0 Å². The number of thioether (sulfide) groups is 1. The Kier molecular flexibility index (Phi) is 3.20. The summed E-state index contributed by atoms with van der Waals surface area (Å²) in [4.78, 5) is 12.3. The molecule has 2 aromatic rings. The Balaban J connectivity index is 2.09. The standard InChI is InChI=1S/C17H14INO2S/c1-10(20)19-15-6-5-11(21)8-12(15)13-9-22-17(18)7-3-2-4-14(17)16(13)19/h2-8,14,21H,9H2,1H3. The Hall–Kier alpha value is -1.21. The zero-order valence-electron chi connectivity index (χ0n) is 11.9. The van der Waals surface area contributed by atoms with E-state index in [0.29, 0.717) is 0 Å². The van der Waals surface area contributed by atoms with Crippen molar-refractivity contribution in [2.75, 3.05) is 0 Å². The van der Waals surface area contributed by atoms with E-state index in [0.717, 1.165) is 22.3 Å². The second-order valence-corrected chi connectivity index (χ2v) is 9.40. The smallest absolute Gasteiger partial charge is 0.228 e. The maximum absolute atomic E-state index is 12.3. The number of alkyl halides is 1. The van der Waals surface area contributed by atoms with E-state index >= 15 is 0 Å². The predicted molar refractivity (Wildman–Crippen MR) is 99.0 cm³/mol. The molecule has 0 saturated carbocycles. The van der Waals surface area contributed by atoms with E-state index in [-0.39, 0.29) is 20.3 Å². The molecule has 2 heterocycles. The number of nitrogens with zero attached hydrogens (tertiary/aromatic N) is 1. The fourth-order valence-electron chi connectivity index (χ4n) is 3.38. The van der Waals surface area contributed by atoms with Gasteiger partial charge in [-0.2, -0.15) is 0 Å². The van der Waals surface area contributed by atoms with Crippen LogP contribution < -0.4 is 0 Å². The lowest BCUT2D eigenvalue weighted by atomic mass is 9.93. The zero-order valence-corrected chi connectivity index (χ0v) is 14.9. The van der Waals surface area contributed by atoms with E-state index in [4.69, 9.17) is 0 Å². The number of carbonyl (C=O) groups excluding carboxylic acids is 1. The maximum Gasteiger partial charge on any atom is 0.228 e. The van der Waals surface area contributed by atoms with E-state index in [1.165, 1.54) is 5.56 Å². The maximum atomic E-state index is 12.3. The molecular weight excluding hydrogens is 409 g/mol. The van der Waals surface area contributed by atoms with Crippen LogP contribution in [0.25, 0.3) is 10.9 Å². The zero-order chi connectivity index (χ0) is 15.5. The van der Waals surface area contributed by atoms with E-state index < -0.39 is 0 Å². The summed E-state index contributed by atoms with van der Waals surface area (Å²) in [6.45, 7) is 1.60. The van der Waals surface area contributed by atoms with E-state index in [1.807, 2.05) is 22.4 Å². The van der Waals surface area contributed by atoms with Crippen LogP contribution in [0, 0.1) is 0 Å². The van der Waals surface area contributed by atoms with Gasteiger partial charge in [0.1, 0.15) is 5.75 Å². The lowest BCUT2D eigenvalue weighted by Gasteiger charge is -2.37. The van der Waals surface area contributed by atoms with Crippen molar-refractivity contribution < 1.29 is 9.90 Å². The molecule has 1 aliphatic heterocycles. The minimum absolute atomic E-state index is 0.0190. The third-order valence-corrected chi connectivity index (χ3v) is 7.54. The minimum Gasteiger partial charge on any atom is -0.508 e. The molecule has 22 heavy (non-hydrogen) atoms. The van der Waals surface area contributed by atoms with Crippen LogP contribution in [0.15, 0.2) is 42.5 Å². The Morgan fingerprint density at radius 1 is 1.45 bits per heavy atom. The minimum atomic E-state index is -0.0524. The largest absolute Gasteiger partial charge is 0.508 e. The highest BCUT2D eigenvalue weighted by atomic mass is 127. The molecular formula is C17H14INO2S. The Bertz CT molecular complexity index is 867. The quantitative estimate of drug-likeness (QED) is 0.498. The van der Waals surface area contributed by atoms with Crippen LogP contribution in [-0.4, -0.2) is 18.3 Å². The second-order valence-electron chi connectivity index (χ2n) is 5.63. The Labute approximate surface area is 146 Å². The molecule has 4 rings (SSSR count). The topological polar surface area (TPSA) is 42.2 Å². The van der Waals surface area contributed by atoms with E-state index in [9.17, 15) is 9.90 Å². The molecule has 1 aromatic carbocycles. The van der Waals surface area contributed by atoms with Gasteiger partial charge in [-0.1, -0.05) is 46.9 Å². The molecule has 2 aliphatic rings. The van der Waals surface area contributed by atoms with E-state index in [1.54, 1.807) is 19.1 Å². The van der Waals surface area contributed by atoms with Gasteiger partial charge in [0.05, 0.1) is 8.27 Å². The summed E-state index contributed by atoms with van der Waals surface area (Å²) in [6, 6.07) is 5.26. The van der Waals surface area contributed by atoms with Crippen molar-refractivity contribution in [3.63, 3.8) is 0 Å². The van der Waals surface area contributed by atoms with Gasteiger partial charge in [-0.25, -0.2) is 0 Å². The van der Waals surface area contributed by atoms with Crippen LogP contribution in [0.3, 0.4) is 0 Å². The van der Waals surface area contributed by atoms with Gasteiger partial charge in [-0.05, 0) is 23.8 Å².